The van der Waals surface area contributed by atoms with E-state index < -0.39 is 23.2 Å². The van der Waals surface area contributed by atoms with Gasteiger partial charge in [-0.25, -0.2) is 9.78 Å². The normalized spacial score (nSPS) is 13.1. The van der Waals surface area contributed by atoms with Crippen molar-refractivity contribution in [2.24, 2.45) is 0 Å². The number of hydrogen-bond donors (Lipinski definition) is 3. The number of fused-ring (bicyclic) bond motifs is 1. The van der Waals surface area contributed by atoms with Crippen molar-refractivity contribution < 1.29 is 19.1 Å². The molecule has 0 saturated heterocycles. The van der Waals surface area contributed by atoms with Crippen LogP contribution >= 0.6 is 0 Å². The van der Waals surface area contributed by atoms with Gasteiger partial charge in [0.15, 0.2) is 0 Å². The molecule has 1 atom stereocenters. The highest BCUT2D eigenvalue weighted by atomic mass is 16.6. The predicted octanol–water partition coefficient (Wildman–Crippen LogP) is 4.15. The number of esters is 1. The molecule has 0 spiro atoms. The number of H-pyrrole nitrogens is 2. The number of para-hydroxylation sites is 1. The lowest BCUT2D eigenvalue weighted by molar-refractivity contribution is -0.146. The Labute approximate surface area is 181 Å². The minimum Gasteiger partial charge on any atom is -0.468 e. The van der Waals surface area contributed by atoms with E-state index in [2.05, 4.69) is 20.3 Å². The van der Waals surface area contributed by atoms with Gasteiger partial charge in [-0.15, -0.1) is 0 Å². The van der Waals surface area contributed by atoms with Crippen molar-refractivity contribution in [1.29, 1.82) is 0 Å². The van der Waals surface area contributed by atoms with E-state index in [4.69, 9.17) is 9.47 Å². The summed E-state index contributed by atoms with van der Waals surface area (Å²) in [6.07, 6.45) is 3.47. The SMILES string of the molecule is COC(=O)C(C)(C)c1cnc([C@H](Cc2c[nH]c3ccccc23)NC(=O)OC(C)(C)C)[nH]1. The zero-order chi connectivity index (χ0) is 22.8. The first-order valence-corrected chi connectivity index (χ1v) is 10.2. The molecule has 1 amide bonds. The summed E-state index contributed by atoms with van der Waals surface area (Å²) < 4.78 is 10.4. The molecule has 0 fully saturated rings. The van der Waals surface area contributed by atoms with Crippen molar-refractivity contribution in [3.05, 3.63) is 53.7 Å². The number of nitrogens with zero attached hydrogens (tertiary/aromatic N) is 1. The minimum atomic E-state index is -0.906. The number of carbonyl (C=O) groups is 2. The van der Waals surface area contributed by atoms with Crippen LogP contribution in [0.4, 0.5) is 4.79 Å². The van der Waals surface area contributed by atoms with Gasteiger partial charge in [0.2, 0.25) is 0 Å². The first-order valence-electron chi connectivity index (χ1n) is 10.2. The highest BCUT2D eigenvalue weighted by Crippen LogP contribution is 2.27. The first-order chi connectivity index (χ1) is 14.5. The van der Waals surface area contributed by atoms with Crippen LogP contribution in [0.2, 0.25) is 0 Å². The Morgan fingerprint density at radius 3 is 2.55 bits per heavy atom. The molecule has 0 aliphatic rings. The molecule has 2 heterocycles. The van der Waals surface area contributed by atoms with Gasteiger partial charge < -0.3 is 24.8 Å². The fraction of sp³-hybridized carbons (Fsp3) is 0.435. The largest absolute Gasteiger partial charge is 0.468 e. The van der Waals surface area contributed by atoms with Gasteiger partial charge in [-0.3, -0.25) is 4.79 Å². The first kappa shape index (κ1) is 22.4. The lowest BCUT2D eigenvalue weighted by Gasteiger charge is -2.23. The number of imidazole rings is 1. The van der Waals surface area contributed by atoms with Crippen LogP contribution in [-0.4, -0.2) is 39.7 Å². The number of aromatic nitrogens is 3. The monoisotopic (exact) mass is 426 g/mol. The molecule has 0 aliphatic carbocycles. The Morgan fingerprint density at radius 1 is 1.16 bits per heavy atom. The van der Waals surface area contributed by atoms with Crippen molar-refractivity contribution in [2.45, 2.75) is 58.1 Å². The summed E-state index contributed by atoms with van der Waals surface area (Å²) in [4.78, 5) is 35.6. The van der Waals surface area contributed by atoms with E-state index in [1.807, 2.05) is 51.2 Å². The summed E-state index contributed by atoms with van der Waals surface area (Å²) in [5, 5.41) is 3.99. The molecule has 0 radical (unpaired) electrons. The van der Waals surface area contributed by atoms with Crippen molar-refractivity contribution in [3.63, 3.8) is 0 Å². The van der Waals surface area contributed by atoms with Crippen molar-refractivity contribution in [2.75, 3.05) is 7.11 Å². The third kappa shape index (κ3) is 5.07. The third-order valence-corrected chi connectivity index (χ3v) is 5.08. The second-order valence-corrected chi connectivity index (χ2v) is 9.06. The second kappa shape index (κ2) is 8.45. The summed E-state index contributed by atoms with van der Waals surface area (Å²) in [5.41, 5.74) is 1.11. The Kier molecular flexibility index (Phi) is 6.10. The quantitative estimate of drug-likeness (QED) is 0.513. The number of amides is 1. The number of carbonyl (C=O) groups excluding carboxylic acids is 2. The van der Waals surface area contributed by atoms with Gasteiger partial charge in [0.1, 0.15) is 16.8 Å². The number of alkyl carbamates (subject to hydrolysis) is 1. The molecule has 0 aliphatic heterocycles. The van der Waals surface area contributed by atoms with Crippen LogP contribution in [0, 0.1) is 0 Å². The van der Waals surface area contributed by atoms with Crippen LogP contribution in [0.1, 0.15) is 57.7 Å². The zero-order valence-corrected chi connectivity index (χ0v) is 18.8. The molecular formula is C23H30N4O4. The zero-order valence-electron chi connectivity index (χ0n) is 18.8. The van der Waals surface area contributed by atoms with Crippen LogP contribution in [0.25, 0.3) is 10.9 Å². The highest BCUT2D eigenvalue weighted by Gasteiger charge is 2.34. The Hall–Kier alpha value is -3.29. The molecule has 8 nitrogen and oxygen atoms in total. The van der Waals surface area contributed by atoms with Crippen LogP contribution in [0.15, 0.2) is 36.7 Å². The number of benzene rings is 1. The fourth-order valence-electron chi connectivity index (χ4n) is 3.38. The molecule has 0 bridgehead atoms. The average molecular weight is 427 g/mol. The highest BCUT2D eigenvalue weighted by molar-refractivity contribution is 5.83. The lowest BCUT2D eigenvalue weighted by Crippen LogP contribution is -2.36. The van der Waals surface area contributed by atoms with Crippen LogP contribution in [0.3, 0.4) is 0 Å². The van der Waals surface area contributed by atoms with Gasteiger partial charge in [-0.05, 0) is 46.2 Å². The van der Waals surface area contributed by atoms with E-state index in [-0.39, 0.29) is 5.97 Å². The molecule has 1 aromatic carbocycles. The summed E-state index contributed by atoms with van der Waals surface area (Å²) in [5.74, 6) is 0.152. The molecule has 3 aromatic rings. The van der Waals surface area contributed by atoms with Gasteiger partial charge >= 0.3 is 12.1 Å². The molecule has 31 heavy (non-hydrogen) atoms. The number of ether oxygens (including phenoxy) is 2. The molecule has 166 valence electrons. The average Bonchev–Trinajstić information content (AvgIpc) is 3.33. The van der Waals surface area contributed by atoms with Gasteiger partial charge in [0, 0.05) is 29.7 Å². The molecule has 3 N–H and O–H groups in total. The minimum absolute atomic E-state index is 0.379. The van der Waals surface area contributed by atoms with Gasteiger partial charge in [0.05, 0.1) is 18.8 Å². The maximum absolute atomic E-state index is 12.5. The van der Waals surface area contributed by atoms with E-state index >= 15 is 0 Å². The van der Waals surface area contributed by atoms with E-state index in [0.29, 0.717) is 17.9 Å². The van der Waals surface area contributed by atoms with Crippen LogP contribution in [-0.2, 0) is 26.1 Å². The topological polar surface area (TPSA) is 109 Å². The fourth-order valence-corrected chi connectivity index (χ4v) is 3.38. The van der Waals surface area contributed by atoms with Gasteiger partial charge in [-0.2, -0.15) is 0 Å². The molecule has 0 unspecified atom stereocenters. The predicted molar refractivity (Wildman–Crippen MR) is 118 cm³/mol. The van der Waals surface area contributed by atoms with Crippen LogP contribution in [0.5, 0.6) is 0 Å². The third-order valence-electron chi connectivity index (χ3n) is 5.08. The van der Waals surface area contributed by atoms with Gasteiger partial charge in [0.25, 0.3) is 0 Å². The summed E-state index contributed by atoms with van der Waals surface area (Å²) >= 11 is 0. The molecule has 2 aromatic heterocycles. The van der Waals surface area contributed by atoms with Crippen molar-refractivity contribution >= 4 is 23.0 Å². The summed E-state index contributed by atoms with van der Waals surface area (Å²) in [7, 11) is 1.35. The molecular weight excluding hydrogens is 396 g/mol. The number of rotatable bonds is 6. The smallest absolute Gasteiger partial charge is 0.408 e. The Bertz CT molecular complexity index is 1070. The Morgan fingerprint density at radius 2 is 1.87 bits per heavy atom. The second-order valence-electron chi connectivity index (χ2n) is 9.06. The van der Waals surface area contributed by atoms with Crippen molar-refractivity contribution in [3.8, 4) is 0 Å². The number of nitrogens with one attached hydrogen (secondary N) is 3. The number of hydrogen-bond acceptors (Lipinski definition) is 5. The lowest BCUT2D eigenvalue weighted by atomic mass is 9.90. The maximum Gasteiger partial charge on any atom is 0.408 e. The van der Waals surface area contributed by atoms with E-state index in [1.165, 1.54) is 7.11 Å². The molecule has 3 rings (SSSR count). The summed E-state index contributed by atoms with van der Waals surface area (Å²) in [6, 6.07) is 7.47. The maximum atomic E-state index is 12.5. The molecule has 8 heteroatoms. The van der Waals surface area contributed by atoms with E-state index in [9.17, 15) is 9.59 Å². The van der Waals surface area contributed by atoms with Gasteiger partial charge in [-0.1, -0.05) is 18.2 Å². The summed E-state index contributed by atoms with van der Waals surface area (Å²) in [6.45, 7) is 8.94. The number of methoxy groups -OCH3 is 1. The standard InChI is InChI=1S/C23H30N4O4/c1-22(2,3)31-21(29)26-17(11-14-12-24-16-10-8-7-9-15(14)16)19-25-13-18(27-19)23(4,5)20(28)30-6/h7-10,12-13,17,24H,11H2,1-6H3,(H,25,27)(H,26,29)/t17-/m0/s1. The van der Waals surface area contributed by atoms with E-state index in [0.717, 1.165) is 16.5 Å². The van der Waals surface area contributed by atoms with E-state index in [1.54, 1.807) is 20.0 Å². The molecule has 0 saturated carbocycles. The number of aromatic amines is 2. The van der Waals surface area contributed by atoms with Crippen LogP contribution < -0.4 is 5.32 Å². The van der Waals surface area contributed by atoms with Crippen molar-refractivity contribution in [1.82, 2.24) is 20.3 Å². The Balaban J connectivity index is 1.92.